The van der Waals surface area contributed by atoms with E-state index in [1.54, 1.807) is 11.8 Å². The van der Waals surface area contributed by atoms with Crippen molar-refractivity contribution in [1.82, 2.24) is 9.80 Å². The quantitative estimate of drug-likeness (QED) is 0.848. The van der Waals surface area contributed by atoms with Crippen molar-refractivity contribution >= 4 is 23.8 Å². The second kappa shape index (κ2) is 6.24. The Morgan fingerprint density at radius 1 is 1.35 bits per heavy atom. The minimum absolute atomic E-state index is 0.0240. The van der Waals surface area contributed by atoms with E-state index in [9.17, 15) is 14.7 Å². The zero-order chi connectivity index (χ0) is 14.8. The van der Waals surface area contributed by atoms with Gasteiger partial charge in [0.25, 0.3) is 0 Å². The molecule has 0 spiro atoms. The molecule has 2 aliphatic rings. The second-order valence-corrected chi connectivity index (χ2v) is 7.43. The molecule has 0 bridgehead atoms. The van der Waals surface area contributed by atoms with E-state index in [1.807, 2.05) is 16.7 Å². The van der Waals surface area contributed by atoms with Gasteiger partial charge in [-0.2, -0.15) is 11.8 Å². The van der Waals surface area contributed by atoms with Crippen molar-refractivity contribution in [1.29, 1.82) is 0 Å². The molecule has 6 heteroatoms. The molecule has 0 radical (unpaired) electrons. The number of thioether (sulfide) groups is 1. The first kappa shape index (κ1) is 15.5. The third-order valence-corrected chi connectivity index (χ3v) is 5.72. The molecule has 2 unspecified atom stereocenters. The summed E-state index contributed by atoms with van der Waals surface area (Å²) >= 11 is 1.93. The van der Waals surface area contributed by atoms with E-state index in [0.717, 1.165) is 31.7 Å². The maximum absolute atomic E-state index is 12.6. The van der Waals surface area contributed by atoms with Crippen LogP contribution >= 0.6 is 11.8 Å². The molecule has 2 saturated heterocycles. The van der Waals surface area contributed by atoms with Crippen LogP contribution in [-0.2, 0) is 4.79 Å². The fourth-order valence-corrected chi connectivity index (χ4v) is 4.10. The van der Waals surface area contributed by atoms with Crippen LogP contribution < -0.4 is 0 Å². The predicted molar refractivity (Wildman–Crippen MR) is 80.1 cm³/mol. The topological polar surface area (TPSA) is 60.9 Å². The number of carboxylic acid groups (broad SMARTS) is 1. The number of hydrogen-bond donors (Lipinski definition) is 1. The Kier molecular flexibility index (Phi) is 4.83. The van der Waals surface area contributed by atoms with Crippen molar-refractivity contribution in [2.24, 2.45) is 5.41 Å². The lowest BCUT2D eigenvalue weighted by atomic mass is 9.82. The zero-order valence-corrected chi connectivity index (χ0v) is 13.1. The molecule has 20 heavy (non-hydrogen) atoms. The first-order valence-electron chi connectivity index (χ1n) is 7.35. The minimum Gasteiger partial charge on any atom is -0.481 e. The Morgan fingerprint density at radius 2 is 2.10 bits per heavy atom. The molecule has 2 atom stereocenters. The molecule has 5 nitrogen and oxygen atoms in total. The van der Waals surface area contributed by atoms with Gasteiger partial charge in [0.05, 0.1) is 5.41 Å². The molecule has 2 amide bonds. The number of carbonyl (C=O) groups excluding carboxylic acids is 1. The predicted octanol–water partition coefficient (Wildman–Crippen LogP) is 2.12. The van der Waals surface area contributed by atoms with Gasteiger partial charge < -0.3 is 14.9 Å². The van der Waals surface area contributed by atoms with Crippen LogP contribution in [0.2, 0.25) is 0 Å². The van der Waals surface area contributed by atoms with Gasteiger partial charge in [0.1, 0.15) is 0 Å². The average molecular weight is 300 g/mol. The lowest BCUT2D eigenvalue weighted by molar-refractivity contribution is -0.150. The molecule has 2 heterocycles. The molecule has 0 aromatic rings. The van der Waals surface area contributed by atoms with Crippen molar-refractivity contribution in [2.45, 2.75) is 38.4 Å². The van der Waals surface area contributed by atoms with E-state index in [0.29, 0.717) is 24.8 Å². The summed E-state index contributed by atoms with van der Waals surface area (Å²) in [4.78, 5) is 27.6. The largest absolute Gasteiger partial charge is 0.481 e. The standard InChI is InChI=1S/C14H24N2O3S/c1-3-11-9-15(7-8-20-11)13(19)16-6-4-5-14(2,10-16)12(17)18/h11H,3-10H2,1-2H3,(H,17,18). The zero-order valence-electron chi connectivity index (χ0n) is 12.3. The summed E-state index contributed by atoms with van der Waals surface area (Å²) in [6.45, 7) is 6.48. The molecule has 114 valence electrons. The Bertz CT molecular complexity index is 391. The van der Waals surface area contributed by atoms with Gasteiger partial charge in [0, 0.05) is 37.2 Å². The number of nitrogens with zero attached hydrogens (tertiary/aromatic N) is 2. The van der Waals surface area contributed by atoms with Crippen molar-refractivity contribution in [3.8, 4) is 0 Å². The summed E-state index contributed by atoms with van der Waals surface area (Å²) in [5, 5.41) is 9.85. The maximum Gasteiger partial charge on any atom is 0.320 e. The summed E-state index contributed by atoms with van der Waals surface area (Å²) in [6, 6.07) is 0.0240. The number of amides is 2. The van der Waals surface area contributed by atoms with Crippen molar-refractivity contribution in [2.75, 3.05) is 31.9 Å². The Labute approximate surface area is 124 Å². The van der Waals surface area contributed by atoms with Gasteiger partial charge in [0.15, 0.2) is 0 Å². The maximum atomic E-state index is 12.6. The highest BCUT2D eigenvalue weighted by Gasteiger charge is 2.40. The van der Waals surface area contributed by atoms with Crippen LogP contribution in [0.4, 0.5) is 4.79 Å². The highest BCUT2D eigenvalue weighted by Crippen LogP contribution is 2.31. The number of piperidine rings is 1. The molecule has 0 aliphatic carbocycles. The highest BCUT2D eigenvalue weighted by atomic mass is 32.2. The van der Waals surface area contributed by atoms with Gasteiger partial charge in [-0.3, -0.25) is 4.79 Å². The Balaban J connectivity index is 2.00. The molecule has 0 saturated carbocycles. The molecular weight excluding hydrogens is 276 g/mol. The van der Waals surface area contributed by atoms with E-state index >= 15 is 0 Å². The molecule has 2 fully saturated rings. The van der Waals surface area contributed by atoms with Crippen LogP contribution in [0.5, 0.6) is 0 Å². The summed E-state index contributed by atoms with van der Waals surface area (Å²) in [5.74, 6) is 0.185. The SMILES string of the molecule is CCC1CN(C(=O)N2CCCC(C)(C(=O)O)C2)CCS1. The second-order valence-electron chi connectivity index (χ2n) is 6.02. The van der Waals surface area contributed by atoms with Crippen LogP contribution in [0.3, 0.4) is 0 Å². The third-order valence-electron chi connectivity index (χ3n) is 4.35. The van der Waals surface area contributed by atoms with Crippen molar-refractivity contribution in [3.05, 3.63) is 0 Å². The van der Waals surface area contributed by atoms with E-state index in [2.05, 4.69) is 6.92 Å². The molecule has 2 rings (SSSR count). The molecule has 0 aromatic carbocycles. The lowest BCUT2D eigenvalue weighted by Crippen LogP contribution is -2.54. The number of carboxylic acids is 1. The first-order valence-corrected chi connectivity index (χ1v) is 8.40. The van der Waals surface area contributed by atoms with Gasteiger partial charge in [-0.15, -0.1) is 0 Å². The average Bonchev–Trinajstić information content (AvgIpc) is 2.46. The van der Waals surface area contributed by atoms with Gasteiger partial charge in [-0.25, -0.2) is 4.79 Å². The van der Waals surface area contributed by atoms with E-state index < -0.39 is 11.4 Å². The number of rotatable bonds is 2. The number of aliphatic carboxylic acids is 1. The lowest BCUT2D eigenvalue weighted by Gasteiger charge is -2.41. The van der Waals surface area contributed by atoms with Gasteiger partial charge >= 0.3 is 12.0 Å². The van der Waals surface area contributed by atoms with Gasteiger partial charge in [-0.1, -0.05) is 6.92 Å². The molecule has 0 aromatic heterocycles. The van der Waals surface area contributed by atoms with Crippen LogP contribution in [0.15, 0.2) is 0 Å². The molecule has 1 N–H and O–H groups in total. The number of hydrogen-bond acceptors (Lipinski definition) is 3. The van der Waals surface area contributed by atoms with Crippen LogP contribution in [0.1, 0.15) is 33.1 Å². The molecular formula is C14H24N2O3S. The highest BCUT2D eigenvalue weighted by molar-refractivity contribution is 8.00. The normalized spacial score (nSPS) is 31.2. The van der Waals surface area contributed by atoms with E-state index in [4.69, 9.17) is 0 Å². The molecule has 2 aliphatic heterocycles. The monoisotopic (exact) mass is 300 g/mol. The first-order chi connectivity index (χ1) is 9.46. The van der Waals surface area contributed by atoms with Gasteiger partial charge in [0.2, 0.25) is 0 Å². The van der Waals surface area contributed by atoms with Crippen LogP contribution in [0.25, 0.3) is 0 Å². The third kappa shape index (κ3) is 3.22. The fraction of sp³-hybridized carbons (Fsp3) is 0.857. The number of carbonyl (C=O) groups is 2. The van der Waals surface area contributed by atoms with Crippen molar-refractivity contribution in [3.63, 3.8) is 0 Å². The van der Waals surface area contributed by atoms with Crippen LogP contribution in [-0.4, -0.2) is 64.1 Å². The summed E-state index contributed by atoms with van der Waals surface area (Å²) in [6.07, 6.45) is 2.50. The van der Waals surface area contributed by atoms with Crippen LogP contribution in [0, 0.1) is 5.41 Å². The number of urea groups is 1. The Hall–Kier alpha value is -0.910. The smallest absolute Gasteiger partial charge is 0.320 e. The fourth-order valence-electron chi connectivity index (χ4n) is 2.92. The van der Waals surface area contributed by atoms with E-state index in [-0.39, 0.29) is 6.03 Å². The van der Waals surface area contributed by atoms with E-state index in [1.165, 1.54) is 0 Å². The number of likely N-dealkylation sites (tertiary alicyclic amines) is 1. The summed E-state index contributed by atoms with van der Waals surface area (Å²) in [5.41, 5.74) is -0.789. The van der Waals surface area contributed by atoms with Gasteiger partial charge in [-0.05, 0) is 26.2 Å². The minimum atomic E-state index is -0.796. The van der Waals surface area contributed by atoms with Crippen molar-refractivity contribution < 1.29 is 14.7 Å². The Morgan fingerprint density at radius 3 is 2.75 bits per heavy atom. The summed E-state index contributed by atoms with van der Waals surface area (Å²) < 4.78 is 0. The summed E-state index contributed by atoms with van der Waals surface area (Å²) in [7, 11) is 0.